The number of amides is 1. The number of nitrogens with one attached hydrogen (secondary N) is 1. The van der Waals surface area contributed by atoms with Crippen molar-refractivity contribution in [2.75, 3.05) is 19.3 Å². The highest BCUT2D eigenvalue weighted by Crippen LogP contribution is 2.07. The first-order chi connectivity index (χ1) is 10.2. The Kier molecular flexibility index (Phi) is 6.96. The Balaban J connectivity index is 2.38. The van der Waals surface area contributed by atoms with Gasteiger partial charge in [0.25, 0.3) is 0 Å². The van der Waals surface area contributed by atoms with E-state index in [9.17, 15) is 17.6 Å². The van der Waals surface area contributed by atoms with Gasteiger partial charge in [-0.3, -0.25) is 4.79 Å². The molecule has 0 saturated heterocycles. The minimum absolute atomic E-state index is 0.0212. The average molecular weight is 330 g/mol. The van der Waals surface area contributed by atoms with Crippen LogP contribution in [-0.4, -0.2) is 44.0 Å². The van der Waals surface area contributed by atoms with Crippen molar-refractivity contribution < 1.29 is 17.6 Å². The van der Waals surface area contributed by atoms with Crippen LogP contribution in [0.15, 0.2) is 24.3 Å². The summed E-state index contributed by atoms with van der Waals surface area (Å²) in [6, 6.07) is 6.01. The molecule has 7 heteroatoms. The van der Waals surface area contributed by atoms with Crippen molar-refractivity contribution in [1.82, 2.24) is 9.62 Å². The third kappa shape index (κ3) is 6.11. The van der Waals surface area contributed by atoms with E-state index in [1.165, 1.54) is 16.6 Å². The Bertz CT molecular complexity index is 603. The van der Waals surface area contributed by atoms with E-state index >= 15 is 0 Å². The molecule has 0 heterocycles. The zero-order valence-corrected chi connectivity index (χ0v) is 14.0. The number of rotatable bonds is 8. The van der Waals surface area contributed by atoms with E-state index in [-0.39, 0.29) is 18.4 Å². The van der Waals surface area contributed by atoms with Gasteiger partial charge in [0.1, 0.15) is 5.82 Å². The molecule has 0 aliphatic rings. The number of nitrogens with zero attached hydrogens (tertiary/aromatic N) is 1. The molecular formula is C15H23FN2O3S. The van der Waals surface area contributed by atoms with Crippen LogP contribution in [0.4, 0.5) is 4.39 Å². The van der Waals surface area contributed by atoms with Gasteiger partial charge >= 0.3 is 0 Å². The Hall–Kier alpha value is -1.47. The lowest BCUT2D eigenvalue weighted by Crippen LogP contribution is -2.38. The number of carbonyl (C=O) groups is 1. The van der Waals surface area contributed by atoms with Gasteiger partial charge in [-0.1, -0.05) is 18.2 Å². The van der Waals surface area contributed by atoms with Crippen molar-refractivity contribution in [2.45, 2.75) is 32.7 Å². The molecule has 0 aliphatic carbocycles. The van der Waals surface area contributed by atoms with Crippen LogP contribution in [0, 0.1) is 5.82 Å². The highest BCUT2D eigenvalue weighted by atomic mass is 32.2. The molecule has 0 aliphatic heterocycles. The quantitative estimate of drug-likeness (QED) is 0.735. The van der Waals surface area contributed by atoms with E-state index in [0.717, 1.165) is 0 Å². The first-order valence-electron chi connectivity index (χ1n) is 7.18. The van der Waals surface area contributed by atoms with Crippen LogP contribution >= 0.6 is 0 Å². The van der Waals surface area contributed by atoms with Gasteiger partial charge in [0.2, 0.25) is 15.9 Å². The number of benzene rings is 1. The van der Waals surface area contributed by atoms with Crippen molar-refractivity contribution in [3.8, 4) is 0 Å². The molecule has 5 nitrogen and oxygen atoms in total. The predicted molar refractivity (Wildman–Crippen MR) is 84.4 cm³/mol. The van der Waals surface area contributed by atoms with Gasteiger partial charge in [-0.25, -0.2) is 12.8 Å². The maximum Gasteiger partial charge on any atom is 0.224 e. The monoisotopic (exact) mass is 330 g/mol. The predicted octanol–water partition coefficient (Wildman–Crippen LogP) is 1.54. The van der Waals surface area contributed by atoms with Gasteiger partial charge in [0.15, 0.2) is 0 Å². The lowest BCUT2D eigenvalue weighted by molar-refractivity contribution is -0.120. The van der Waals surface area contributed by atoms with Gasteiger partial charge in [0, 0.05) is 19.1 Å². The zero-order chi connectivity index (χ0) is 16.8. The van der Waals surface area contributed by atoms with Gasteiger partial charge in [-0.2, -0.15) is 4.31 Å². The number of sulfonamides is 1. The summed E-state index contributed by atoms with van der Waals surface area (Å²) in [5.74, 6) is -0.679. The normalized spacial score (nSPS) is 11.9. The topological polar surface area (TPSA) is 66.5 Å². The van der Waals surface area contributed by atoms with Crippen LogP contribution in [0.5, 0.6) is 0 Å². The summed E-state index contributed by atoms with van der Waals surface area (Å²) in [6.07, 6.45) is 1.66. The molecule has 22 heavy (non-hydrogen) atoms. The molecule has 0 unspecified atom stereocenters. The highest BCUT2D eigenvalue weighted by molar-refractivity contribution is 7.88. The fourth-order valence-electron chi connectivity index (χ4n) is 2.15. The number of hydrogen-bond donors (Lipinski definition) is 1. The van der Waals surface area contributed by atoms with E-state index < -0.39 is 15.8 Å². The maximum atomic E-state index is 13.4. The number of hydrogen-bond acceptors (Lipinski definition) is 3. The Morgan fingerprint density at radius 3 is 2.50 bits per heavy atom. The SMILES string of the molecule is CC(C)N(CCCNC(=O)Cc1ccccc1F)S(C)(=O)=O. The van der Waals surface area contributed by atoms with E-state index in [4.69, 9.17) is 0 Å². The van der Waals surface area contributed by atoms with Crippen molar-refractivity contribution >= 4 is 15.9 Å². The van der Waals surface area contributed by atoms with Crippen molar-refractivity contribution in [3.63, 3.8) is 0 Å². The molecule has 0 fully saturated rings. The summed E-state index contributed by atoms with van der Waals surface area (Å²) < 4.78 is 37.9. The van der Waals surface area contributed by atoms with E-state index in [1.807, 2.05) is 0 Å². The molecule has 1 N–H and O–H groups in total. The molecule has 1 rings (SSSR count). The second kappa shape index (κ2) is 8.24. The fourth-order valence-corrected chi connectivity index (χ4v) is 3.37. The highest BCUT2D eigenvalue weighted by Gasteiger charge is 2.19. The van der Waals surface area contributed by atoms with E-state index in [1.54, 1.807) is 32.0 Å². The molecular weight excluding hydrogens is 307 g/mol. The molecule has 0 spiro atoms. The van der Waals surface area contributed by atoms with Crippen LogP contribution in [0.25, 0.3) is 0 Å². The molecule has 0 radical (unpaired) electrons. The van der Waals surface area contributed by atoms with Gasteiger partial charge in [-0.05, 0) is 31.9 Å². The Labute approximate surface area is 131 Å². The second-order valence-corrected chi connectivity index (χ2v) is 7.37. The van der Waals surface area contributed by atoms with Crippen LogP contribution in [0.2, 0.25) is 0 Å². The summed E-state index contributed by atoms with van der Waals surface area (Å²) in [4.78, 5) is 11.7. The summed E-state index contributed by atoms with van der Waals surface area (Å²) >= 11 is 0. The molecule has 0 aromatic heterocycles. The third-order valence-corrected chi connectivity index (χ3v) is 4.64. The molecule has 1 aromatic rings. The van der Waals surface area contributed by atoms with Crippen molar-refractivity contribution in [2.24, 2.45) is 0 Å². The van der Waals surface area contributed by atoms with E-state index in [2.05, 4.69) is 5.32 Å². The second-order valence-electron chi connectivity index (χ2n) is 5.44. The standard InChI is InChI=1S/C15H23FN2O3S/c1-12(2)18(22(3,20)21)10-6-9-17-15(19)11-13-7-4-5-8-14(13)16/h4-5,7-8,12H,6,9-11H2,1-3H3,(H,17,19). The first kappa shape index (κ1) is 18.6. The summed E-state index contributed by atoms with van der Waals surface area (Å²) in [5.41, 5.74) is 0.347. The first-order valence-corrected chi connectivity index (χ1v) is 9.03. The minimum atomic E-state index is -3.25. The van der Waals surface area contributed by atoms with E-state index in [0.29, 0.717) is 25.1 Å². The summed E-state index contributed by atoms with van der Waals surface area (Å²) in [7, 11) is -3.25. The molecule has 0 saturated carbocycles. The van der Waals surface area contributed by atoms with Crippen LogP contribution in [0.1, 0.15) is 25.8 Å². The molecule has 1 amide bonds. The largest absolute Gasteiger partial charge is 0.356 e. The average Bonchev–Trinajstić information content (AvgIpc) is 2.39. The lowest BCUT2D eigenvalue weighted by atomic mass is 10.1. The molecule has 1 aromatic carbocycles. The van der Waals surface area contributed by atoms with Crippen LogP contribution < -0.4 is 5.32 Å². The van der Waals surface area contributed by atoms with Gasteiger partial charge in [-0.15, -0.1) is 0 Å². The van der Waals surface area contributed by atoms with Gasteiger partial charge < -0.3 is 5.32 Å². The Morgan fingerprint density at radius 2 is 1.95 bits per heavy atom. The minimum Gasteiger partial charge on any atom is -0.356 e. The fraction of sp³-hybridized carbons (Fsp3) is 0.533. The van der Waals surface area contributed by atoms with Crippen molar-refractivity contribution in [1.29, 1.82) is 0 Å². The zero-order valence-electron chi connectivity index (χ0n) is 13.2. The third-order valence-electron chi connectivity index (χ3n) is 3.19. The van der Waals surface area contributed by atoms with Crippen molar-refractivity contribution in [3.05, 3.63) is 35.6 Å². The molecule has 0 bridgehead atoms. The van der Waals surface area contributed by atoms with Crippen LogP contribution in [-0.2, 0) is 21.2 Å². The Morgan fingerprint density at radius 1 is 1.32 bits per heavy atom. The maximum absolute atomic E-state index is 13.4. The van der Waals surface area contributed by atoms with Gasteiger partial charge in [0.05, 0.1) is 12.7 Å². The summed E-state index contributed by atoms with van der Waals surface area (Å²) in [5, 5.41) is 2.68. The summed E-state index contributed by atoms with van der Waals surface area (Å²) in [6.45, 7) is 4.30. The smallest absolute Gasteiger partial charge is 0.224 e. The number of halogens is 1. The lowest BCUT2D eigenvalue weighted by Gasteiger charge is -2.23. The van der Waals surface area contributed by atoms with Crippen LogP contribution in [0.3, 0.4) is 0 Å². The number of carbonyl (C=O) groups excluding carboxylic acids is 1. The molecule has 0 atom stereocenters. The molecule has 124 valence electrons.